The lowest BCUT2D eigenvalue weighted by Gasteiger charge is -2.32. The van der Waals surface area contributed by atoms with E-state index in [1.165, 1.54) is 4.90 Å². The second kappa shape index (κ2) is 11.0. The highest BCUT2D eigenvalue weighted by Crippen LogP contribution is 2.27. The van der Waals surface area contributed by atoms with Gasteiger partial charge in [-0.3, -0.25) is 4.90 Å². The molecule has 0 aliphatic carbocycles. The van der Waals surface area contributed by atoms with Gasteiger partial charge in [-0.25, -0.2) is 4.79 Å². The first-order chi connectivity index (χ1) is 13.1. The maximum atomic E-state index is 11.7. The topological polar surface area (TPSA) is 81.9 Å². The van der Waals surface area contributed by atoms with Gasteiger partial charge in [-0.1, -0.05) is 6.07 Å². The fraction of sp³-hybridized carbons (Fsp3) is 0.632. The molecule has 1 aliphatic heterocycles. The third-order valence-electron chi connectivity index (χ3n) is 4.55. The molecule has 1 fully saturated rings. The van der Waals surface area contributed by atoms with Crippen LogP contribution in [-0.4, -0.2) is 82.4 Å². The van der Waals surface area contributed by atoms with Crippen molar-refractivity contribution in [3.8, 4) is 11.5 Å². The van der Waals surface area contributed by atoms with Crippen LogP contribution < -0.4 is 14.4 Å². The van der Waals surface area contributed by atoms with Crippen LogP contribution in [0.25, 0.3) is 0 Å². The monoisotopic (exact) mass is 383 g/mol. The van der Waals surface area contributed by atoms with Crippen LogP contribution in [-0.2, 0) is 16.1 Å². The predicted octanol–water partition coefficient (Wildman–Crippen LogP) is -0.0617. The Labute approximate surface area is 160 Å². The van der Waals surface area contributed by atoms with Crippen molar-refractivity contribution in [2.45, 2.75) is 19.6 Å². The fourth-order valence-electron chi connectivity index (χ4n) is 3.10. The molecule has 0 aromatic heterocycles. The lowest BCUT2D eigenvalue weighted by molar-refractivity contribution is -0.907. The summed E-state index contributed by atoms with van der Waals surface area (Å²) in [5.41, 5.74) is 0.954. The van der Waals surface area contributed by atoms with E-state index in [1.807, 2.05) is 18.2 Å². The molecule has 2 rings (SSSR count). The van der Waals surface area contributed by atoms with Gasteiger partial charge >= 0.3 is 6.09 Å². The molecule has 1 atom stereocenters. The molecule has 0 radical (unpaired) electrons. The highest BCUT2D eigenvalue weighted by molar-refractivity contribution is 5.67. The summed E-state index contributed by atoms with van der Waals surface area (Å²) < 4.78 is 21.1. The van der Waals surface area contributed by atoms with E-state index < -0.39 is 6.10 Å². The highest BCUT2D eigenvalue weighted by Gasteiger charge is 2.26. The molecule has 0 spiro atoms. The zero-order chi connectivity index (χ0) is 19.6. The molecule has 1 saturated heterocycles. The number of hydrogen-bond acceptors (Lipinski definition) is 6. The molecular weight excluding hydrogens is 352 g/mol. The largest absolute Gasteiger partial charge is 0.493 e. The molecule has 0 unspecified atom stereocenters. The summed E-state index contributed by atoms with van der Waals surface area (Å²) in [6.07, 6.45) is -0.801. The molecule has 1 amide bonds. The van der Waals surface area contributed by atoms with E-state index >= 15 is 0 Å². The summed E-state index contributed by atoms with van der Waals surface area (Å²) >= 11 is 0. The number of piperazine rings is 1. The number of rotatable bonds is 9. The van der Waals surface area contributed by atoms with Crippen LogP contribution in [0.1, 0.15) is 12.5 Å². The Balaban J connectivity index is 1.68. The summed E-state index contributed by atoms with van der Waals surface area (Å²) in [7, 11) is 3.19. The van der Waals surface area contributed by atoms with E-state index in [0.29, 0.717) is 44.3 Å². The highest BCUT2D eigenvalue weighted by atomic mass is 16.6. The van der Waals surface area contributed by atoms with Crippen LogP contribution in [0.5, 0.6) is 11.5 Å². The Hall–Kier alpha value is -2.03. The molecule has 1 aliphatic rings. The first-order valence-corrected chi connectivity index (χ1v) is 9.29. The van der Waals surface area contributed by atoms with Gasteiger partial charge in [0.1, 0.15) is 12.6 Å². The Morgan fingerprint density at radius 3 is 2.56 bits per heavy atom. The SMILES string of the molecule is CCOC(=O)N1CC[NH+](C[C@@H](O)COCc2ccc(OC)c(OC)c2)CC1. The van der Waals surface area contributed by atoms with Gasteiger partial charge in [0.15, 0.2) is 11.5 Å². The minimum absolute atomic E-state index is 0.254. The second-order valence-corrected chi connectivity index (χ2v) is 6.50. The minimum Gasteiger partial charge on any atom is -0.493 e. The van der Waals surface area contributed by atoms with E-state index in [0.717, 1.165) is 18.7 Å². The number of aliphatic hydroxyl groups excluding tert-OH is 1. The molecular formula is C19H31N2O6+. The fourth-order valence-corrected chi connectivity index (χ4v) is 3.10. The lowest BCUT2D eigenvalue weighted by Crippen LogP contribution is -3.15. The van der Waals surface area contributed by atoms with Gasteiger partial charge in [0, 0.05) is 0 Å². The zero-order valence-corrected chi connectivity index (χ0v) is 16.4. The smallest absolute Gasteiger partial charge is 0.410 e. The molecule has 1 aromatic carbocycles. The second-order valence-electron chi connectivity index (χ2n) is 6.50. The Kier molecular flexibility index (Phi) is 8.63. The Morgan fingerprint density at radius 1 is 1.22 bits per heavy atom. The molecule has 152 valence electrons. The molecule has 2 N–H and O–H groups in total. The summed E-state index contributed by atoms with van der Waals surface area (Å²) in [6, 6.07) is 5.61. The van der Waals surface area contributed by atoms with Gasteiger partial charge in [0.05, 0.1) is 60.2 Å². The zero-order valence-electron chi connectivity index (χ0n) is 16.4. The number of aliphatic hydroxyl groups is 1. The van der Waals surface area contributed by atoms with Crippen molar-refractivity contribution in [1.82, 2.24) is 4.90 Å². The van der Waals surface area contributed by atoms with Crippen LogP contribution in [0.3, 0.4) is 0 Å². The van der Waals surface area contributed by atoms with Gasteiger partial charge in [-0.2, -0.15) is 0 Å². The number of ether oxygens (including phenoxy) is 4. The average Bonchev–Trinajstić information content (AvgIpc) is 2.68. The van der Waals surface area contributed by atoms with Crippen LogP contribution in [0.15, 0.2) is 18.2 Å². The van der Waals surface area contributed by atoms with Crippen molar-refractivity contribution in [3.63, 3.8) is 0 Å². The van der Waals surface area contributed by atoms with Gasteiger partial charge in [0.25, 0.3) is 0 Å². The Bertz CT molecular complexity index is 590. The van der Waals surface area contributed by atoms with Gasteiger partial charge in [0.2, 0.25) is 0 Å². The molecule has 0 saturated carbocycles. The van der Waals surface area contributed by atoms with Crippen LogP contribution in [0, 0.1) is 0 Å². The van der Waals surface area contributed by atoms with E-state index in [4.69, 9.17) is 18.9 Å². The van der Waals surface area contributed by atoms with Crippen LogP contribution in [0.2, 0.25) is 0 Å². The van der Waals surface area contributed by atoms with Crippen LogP contribution >= 0.6 is 0 Å². The van der Waals surface area contributed by atoms with Crippen molar-refractivity contribution < 1.29 is 33.7 Å². The number of nitrogens with one attached hydrogen (secondary N) is 1. The molecule has 1 aromatic rings. The minimum atomic E-state index is -0.547. The van der Waals surface area contributed by atoms with E-state index in [9.17, 15) is 9.90 Å². The average molecular weight is 383 g/mol. The van der Waals surface area contributed by atoms with Crippen molar-refractivity contribution in [3.05, 3.63) is 23.8 Å². The number of nitrogens with zero attached hydrogens (tertiary/aromatic N) is 1. The third kappa shape index (κ3) is 6.57. The standard InChI is InChI=1S/C19H30N2O6/c1-4-27-19(23)21-9-7-20(8-10-21)12-16(22)14-26-13-15-5-6-17(24-2)18(11-15)25-3/h5-6,11,16,22H,4,7-10,12-14H2,1-3H3/p+1/t16-/m1/s1. The quantitative estimate of drug-likeness (QED) is 0.622. The number of amides is 1. The first-order valence-electron chi connectivity index (χ1n) is 9.29. The molecule has 8 nitrogen and oxygen atoms in total. The summed E-state index contributed by atoms with van der Waals surface area (Å²) in [4.78, 5) is 14.7. The van der Waals surface area contributed by atoms with Crippen molar-refractivity contribution in [2.24, 2.45) is 0 Å². The molecule has 1 heterocycles. The number of carbonyl (C=O) groups is 1. The lowest BCUT2D eigenvalue weighted by atomic mass is 10.2. The summed E-state index contributed by atoms with van der Waals surface area (Å²) in [5, 5.41) is 10.2. The maximum absolute atomic E-state index is 11.7. The number of benzene rings is 1. The third-order valence-corrected chi connectivity index (χ3v) is 4.55. The van der Waals surface area contributed by atoms with E-state index in [1.54, 1.807) is 26.0 Å². The van der Waals surface area contributed by atoms with Gasteiger partial charge in [-0.15, -0.1) is 0 Å². The molecule has 8 heteroatoms. The predicted molar refractivity (Wildman–Crippen MR) is 99.4 cm³/mol. The van der Waals surface area contributed by atoms with Crippen LogP contribution in [0.4, 0.5) is 4.79 Å². The summed E-state index contributed by atoms with van der Waals surface area (Å²) in [5.74, 6) is 1.33. The van der Waals surface area contributed by atoms with Crippen molar-refractivity contribution >= 4 is 6.09 Å². The van der Waals surface area contributed by atoms with Crippen molar-refractivity contribution in [2.75, 3.05) is 60.2 Å². The van der Waals surface area contributed by atoms with E-state index in [2.05, 4.69) is 0 Å². The molecule has 0 bridgehead atoms. The van der Waals surface area contributed by atoms with E-state index in [-0.39, 0.29) is 12.7 Å². The number of methoxy groups -OCH3 is 2. The van der Waals surface area contributed by atoms with Crippen molar-refractivity contribution in [1.29, 1.82) is 0 Å². The van der Waals surface area contributed by atoms with Gasteiger partial charge < -0.3 is 29.0 Å². The Morgan fingerprint density at radius 2 is 1.93 bits per heavy atom. The number of carbonyl (C=O) groups excluding carboxylic acids is 1. The van der Waals surface area contributed by atoms with Gasteiger partial charge in [-0.05, 0) is 24.6 Å². The normalized spacial score (nSPS) is 16.1. The summed E-state index contributed by atoms with van der Waals surface area (Å²) in [6.45, 7) is 6.34. The first kappa shape index (κ1) is 21.3. The maximum Gasteiger partial charge on any atom is 0.410 e. The number of quaternary nitrogens is 1. The number of hydrogen-bond donors (Lipinski definition) is 2. The molecule has 27 heavy (non-hydrogen) atoms.